The van der Waals surface area contributed by atoms with Crippen LogP contribution in [0.5, 0.6) is 0 Å². The third-order valence-electron chi connectivity index (χ3n) is 6.75. The maximum atomic E-state index is 13.4. The van der Waals surface area contributed by atoms with E-state index in [1.807, 2.05) is 6.07 Å². The Kier molecular flexibility index (Phi) is 4.83. The molecule has 5 nitrogen and oxygen atoms in total. The van der Waals surface area contributed by atoms with Gasteiger partial charge in [0.1, 0.15) is 0 Å². The molecule has 2 aliphatic carbocycles. The normalized spacial score (nSPS) is 26.9. The van der Waals surface area contributed by atoms with Gasteiger partial charge in [-0.15, -0.1) is 0 Å². The number of hydrogen-bond acceptors (Lipinski definition) is 3. The lowest BCUT2D eigenvalue weighted by Crippen LogP contribution is -2.50. The largest absolute Gasteiger partial charge is 0.273 e. The molecule has 0 aromatic heterocycles. The predicted octanol–water partition coefficient (Wildman–Crippen LogP) is 4.58. The number of halogens is 2. The first-order chi connectivity index (χ1) is 14.5. The molecule has 3 fully saturated rings. The van der Waals surface area contributed by atoms with Crippen molar-refractivity contribution >= 4 is 40.9 Å². The summed E-state index contributed by atoms with van der Waals surface area (Å²) in [6.45, 7) is 0.0351. The first-order valence-electron chi connectivity index (χ1n) is 10.1. The van der Waals surface area contributed by atoms with Crippen molar-refractivity contribution in [3.8, 4) is 0 Å². The highest BCUT2D eigenvalue weighted by Crippen LogP contribution is 2.56. The van der Waals surface area contributed by atoms with E-state index in [0.717, 1.165) is 24.3 Å². The maximum Gasteiger partial charge on any atom is 0.273 e. The molecule has 2 aromatic carbocycles. The number of hydrazine groups is 1. The Morgan fingerprint density at radius 2 is 1.53 bits per heavy atom. The Morgan fingerprint density at radius 1 is 0.933 bits per heavy atom. The lowest BCUT2D eigenvalue weighted by atomic mass is 9.81. The average Bonchev–Trinajstić information content (AvgIpc) is 3.42. The fraction of sp³-hybridized carbons (Fsp3) is 0.348. The van der Waals surface area contributed by atoms with Crippen LogP contribution in [0.15, 0.2) is 48.5 Å². The van der Waals surface area contributed by atoms with Crippen LogP contribution >= 0.6 is 23.2 Å². The summed E-state index contributed by atoms with van der Waals surface area (Å²) in [4.78, 5) is 40.1. The van der Waals surface area contributed by atoms with Crippen molar-refractivity contribution < 1.29 is 14.4 Å². The number of nitrogens with zero attached hydrogens (tertiary/aromatic N) is 2. The van der Waals surface area contributed by atoms with Crippen molar-refractivity contribution in [1.82, 2.24) is 10.0 Å². The van der Waals surface area contributed by atoms with Crippen molar-refractivity contribution in [3.63, 3.8) is 0 Å². The quantitative estimate of drug-likeness (QED) is 0.650. The Balaban J connectivity index is 1.53. The molecular weight excluding hydrogens is 423 g/mol. The third kappa shape index (κ3) is 3.03. The summed E-state index contributed by atoms with van der Waals surface area (Å²) in [7, 11) is 0. The minimum atomic E-state index is -0.430. The van der Waals surface area contributed by atoms with Crippen LogP contribution in [0.1, 0.15) is 35.2 Å². The van der Waals surface area contributed by atoms with E-state index < -0.39 is 5.91 Å². The van der Waals surface area contributed by atoms with E-state index in [4.69, 9.17) is 23.2 Å². The molecule has 3 aliphatic rings. The van der Waals surface area contributed by atoms with Crippen LogP contribution in [-0.4, -0.2) is 27.7 Å². The zero-order chi connectivity index (χ0) is 21.0. The fourth-order valence-corrected chi connectivity index (χ4v) is 5.72. The van der Waals surface area contributed by atoms with Gasteiger partial charge >= 0.3 is 0 Å². The number of hydrogen-bond donors (Lipinski definition) is 0. The summed E-state index contributed by atoms with van der Waals surface area (Å²) in [5.74, 6) is -1.06. The molecule has 2 saturated carbocycles. The summed E-state index contributed by atoms with van der Waals surface area (Å²) < 4.78 is 0. The van der Waals surface area contributed by atoms with E-state index in [1.165, 1.54) is 5.01 Å². The lowest BCUT2D eigenvalue weighted by molar-refractivity contribution is -0.156. The van der Waals surface area contributed by atoms with E-state index in [0.29, 0.717) is 21.2 Å². The number of carbonyl (C=O) groups is 3. The number of rotatable bonds is 4. The number of benzene rings is 2. The smallest absolute Gasteiger partial charge is 0.272 e. The second kappa shape index (κ2) is 7.40. The minimum absolute atomic E-state index is 0.0351. The molecule has 1 heterocycles. The number of amides is 3. The van der Waals surface area contributed by atoms with E-state index in [-0.39, 0.29) is 42.0 Å². The van der Waals surface area contributed by atoms with Crippen LogP contribution in [0.25, 0.3) is 0 Å². The topological polar surface area (TPSA) is 57.7 Å². The van der Waals surface area contributed by atoms with Crippen LogP contribution in [0.4, 0.5) is 0 Å². The molecule has 2 bridgehead atoms. The molecule has 30 heavy (non-hydrogen) atoms. The van der Waals surface area contributed by atoms with Crippen LogP contribution in [0.2, 0.25) is 10.0 Å². The van der Waals surface area contributed by atoms with Crippen molar-refractivity contribution in [3.05, 3.63) is 69.7 Å². The summed E-state index contributed by atoms with van der Waals surface area (Å²) in [6, 6.07) is 13.6. The van der Waals surface area contributed by atoms with Gasteiger partial charge in [-0.1, -0.05) is 41.4 Å². The molecule has 0 unspecified atom stereocenters. The minimum Gasteiger partial charge on any atom is -0.272 e. The molecule has 1 aliphatic heterocycles. The van der Waals surface area contributed by atoms with Crippen LogP contribution in [-0.2, 0) is 16.1 Å². The third-order valence-corrected chi connectivity index (χ3v) is 7.37. The SMILES string of the molecule is O=C(c1ccc(Cl)cc1)N(Cc1ccccc1Cl)N1C(=O)[C@@H]2[C@H]3CC[C@@H](C3)[C@@H]2C1=O. The Bertz CT molecular complexity index is 1010. The second-order valence-corrected chi connectivity index (χ2v) is 9.18. The molecule has 0 spiro atoms. The lowest BCUT2D eigenvalue weighted by Gasteiger charge is -2.31. The molecule has 1 saturated heterocycles. The Hall–Kier alpha value is -2.37. The van der Waals surface area contributed by atoms with Gasteiger partial charge in [-0.25, -0.2) is 5.01 Å². The standard InChI is InChI=1S/C23H20Cl2N2O3/c24-17-9-7-13(8-10-17)21(28)26(12-16-3-1-2-4-18(16)25)27-22(29)19-14-5-6-15(11-14)20(19)23(27)30/h1-4,7-10,14-15,19-20H,5-6,11-12H2/t14-,15-,19-,20+/m0/s1. The monoisotopic (exact) mass is 442 g/mol. The van der Waals surface area contributed by atoms with Crippen LogP contribution in [0.3, 0.4) is 0 Å². The van der Waals surface area contributed by atoms with Gasteiger partial charge in [-0.05, 0) is 67.0 Å². The van der Waals surface area contributed by atoms with Crippen molar-refractivity contribution in [2.75, 3.05) is 0 Å². The van der Waals surface area contributed by atoms with Crippen molar-refractivity contribution in [2.24, 2.45) is 23.7 Å². The molecule has 3 amide bonds. The highest BCUT2D eigenvalue weighted by atomic mass is 35.5. The number of fused-ring (bicyclic) bond motifs is 5. The van der Waals surface area contributed by atoms with E-state index in [2.05, 4.69) is 0 Å². The second-order valence-electron chi connectivity index (χ2n) is 8.33. The van der Waals surface area contributed by atoms with Gasteiger partial charge in [-0.3, -0.25) is 14.4 Å². The summed E-state index contributed by atoms with van der Waals surface area (Å²) in [6.07, 6.45) is 2.90. The first kappa shape index (κ1) is 19.6. The Labute approximate surface area is 184 Å². The molecule has 154 valence electrons. The Morgan fingerprint density at radius 3 is 2.13 bits per heavy atom. The van der Waals surface area contributed by atoms with E-state index in [9.17, 15) is 14.4 Å². The molecule has 7 heteroatoms. The summed E-state index contributed by atoms with van der Waals surface area (Å²) >= 11 is 12.3. The summed E-state index contributed by atoms with van der Waals surface area (Å²) in [5.41, 5.74) is 1.02. The van der Waals surface area contributed by atoms with Crippen LogP contribution in [0, 0.1) is 23.7 Å². The van der Waals surface area contributed by atoms with Gasteiger partial charge in [0.05, 0.1) is 18.4 Å². The van der Waals surface area contributed by atoms with E-state index >= 15 is 0 Å². The van der Waals surface area contributed by atoms with Gasteiger partial charge in [-0.2, -0.15) is 5.01 Å². The van der Waals surface area contributed by atoms with Gasteiger partial charge in [0.25, 0.3) is 17.7 Å². The molecule has 0 N–H and O–H groups in total. The van der Waals surface area contributed by atoms with Gasteiger partial charge in [0.15, 0.2) is 0 Å². The first-order valence-corrected chi connectivity index (χ1v) is 10.9. The molecule has 0 radical (unpaired) electrons. The average molecular weight is 443 g/mol. The van der Waals surface area contributed by atoms with E-state index in [1.54, 1.807) is 42.5 Å². The zero-order valence-corrected chi connectivity index (χ0v) is 17.6. The van der Waals surface area contributed by atoms with Crippen LogP contribution < -0.4 is 0 Å². The zero-order valence-electron chi connectivity index (χ0n) is 16.1. The molecular formula is C23H20Cl2N2O3. The molecule has 2 aromatic rings. The highest BCUT2D eigenvalue weighted by molar-refractivity contribution is 6.31. The van der Waals surface area contributed by atoms with Gasteiger partial charge < -0.3 is 0 Å². The fourth-order valence-electron chi connectivity index (χ4n) is 5.39. The van der Waals surface area contributed by atoms with Crippen molar-refractivity contribution in [1.29, 1.82) is 0 Å². The summed E-state index contributed by atoms with van der Waals surface area (Å²) in [5, 5.41) is 3.34. The maximum absolute atomic E-state index is 13.4. The molecule has 4 atom stereocenters. The number of imide groups is 1. The predicted molar refractivity (Wildman–Crippen MR) is 112 cm³/mol. The molecule has 5 rings (SSSR count). The van der Waals surface area contributed by atoms with Gasteiger partial charge in [0, 0.05) is 15.6 Å². The van der Waals surface area contributed by atoms with Crippen molar-refractivity contribution in [2.45, 2.75) is 25.8 Å². The number of carbonyl (C=O) groups excluding carboxylic acids is 3. The highest BCUT2D eigenvalue weighted by Gasteiger charge is 2.62. The van der Waals surface area contributed by atoms with Gasteiger partial charge in [0.2, 0.25) is 0 Å².